The van der Waals surface area contributed by atoms with E-state index in [1.807, 2.05) is 0 Å². The van der Waals surface area contributed by atoms with Crippen LogP contribution < -0.4 is 0 Å². The summed E-state index contributed by atoms with van der Waals surface area (Å²) < 4.78 is 10.0. The van der Waals surface area contributed by atoms with Crippen LogP contribution >= 0.6 is 0 Å². The Morgan fingerprint density at radius 1 is 1.71 bits per heavy atom. The highest BCUT2D eigenvalue weighted by Gasteiger charge is 2.32. The van der Waals surface area contributed by atoms with E-state index in [-0.39, 0.29) is 18.5 Å². The van der Waals surface area contributed by atoms with Crippen LogP contribution in [-0.2, 0) is 14.3 Å². The van der Waals surface area contributed by atoms with Crippen molar-refractivity contribution in [3.63, 3.8) is 0 Å². The number of hydrogen-bond donors (Lipinski definition) is 1. The van der Waals surface area contributed by atoms with Crippen molar-refractivity contribution in [2.45, 2.75) is 38.1 Å². The molecule has 1 N–H and O–H groups in total. The zero-order valence-corrected chi connectivity index (χ0v) is 8.32. The van der Waals surface area contributed by atoms with Gasteiger partial charge in [-0.1, -0.05) is 5.92 Å². The van der Waals surface area contributed by atoms with Crippen LogP contribution in [0.4, 0.5) is 0 Å². The second kappa shape index (κ2) is 4.99. The molecule has 1 heterocycles. The molecule has 0 radical (unpaired) electrons. The molecule has 1 saturated heterocycles. The molecular weight excluding hydrogens is 184 g/mol. The van der Waals surface area contributed by atoms with E-state index < -0.39 is 12.2 Å². The van der Waals surface area contributed by atoms with Gasteiger partial charge in [0.05, 0.1) is 12.5 Å². The average Bonchev–Trinajstić information content (AvgIpc) is 2.17. The Kier molecular flexibility index (Phi) is 3.93. The van der Waals surface area contributed by atoms with Crippen molar-refractivity contribution in [2.24, 2.45) is 0 Å². The van der Waals surface area contributed by atoms with Crippen molar-refractivity contribution in [3.8, 4) is 11.8 Å². The number of carbonyl (C=O) groups excluding carboxylic acids is 1. The van der Waals surface area contributed by atoms with Gasteiger partial charge in [-0.25, -0.2) is 0 Å². The van der Waals surface area contributed by atoms with Gasteiger partial charge in [-0.05, 0) is 6.92 Å². The van der Waals surface area contributed by atoms with Gasteiger partial charge in [0.2, 0.25) is 0 Å². The summed E-state index contributed by atoms with van der Waals surface area (Å²) in [4.78, 5) is 11.1. The Balaban J connectivity index is 2.59. The van der Waals surface area contributed by atoms with Gasteiger partial charge in [0.15, 0.2) is 6.10 Å². The highest BCUT2D eigenvalue weighted by Crippen LogP contribution is 2.19. The molecule has 0 bridgehead atoms. The van der Waals surface area contributed by atoms with Gasteiger partial charge in [0.1, 0.15) is 6.10 Å². The summed E-state index contributed by atoms with van der Waals surface area (Å²) in [6, 6.07) is 0. The third-order valence-corrected chi connectivity index (χ3v) is 2.15. The maximum absolute atomic E-state index is 11.1. The lowest BCUT2D eigenvalue weighted by atomic mass is 10.0. The number of aliphatic hydroxyl groups is 1. The fourth-order valence-corrected chi connectivity index (χ4v) is 1.41. The number of carbonyl (C=O) groups is 1. The number of rotatable bonds is 2. The summed E-state index contributed by atoms with van der Waals surface area (Å²) in [5, 5.41) is 9.50. The minimum absolute atomic E-state index is 0.172. The molecule has 3 atom stereocenters. The highest BCUT2D eigenvalue weighted by molar-refractivity contribution is 5.71. The van der Waals surface area contributed by atoms with E-state index in [2.05, 4.69) is 11.8 Å². The van der Waals surface area contributed by atoms with Gasteiger partial charge in [-0.3, -0.25) is 4.79 Å². The van der Waals surface area contributed by atoms with Crippen molar-refractivity contribution >= 4 is 5.97 Å². The quantitative estimate of drug-likeness (QED) is 0.504. The van der Waals surface area contributed by atoms with E-state index in [0.29, 0.717) is 6.42 Å². The Morgan fingerprint density at radius 3 is 3.00 bits per heavy atom. The predicted molar refractivity (Wildman–Crippen MR) is 49.4 cm³/mol. The third-order valence-electron chi connectivity index (χ3n) is 2.15. The highest BCUT2D eigenvalue weighted by atomic mass is 16.6. The summed E-state index contributed by atoms with van der Waals surface area (Å²) in [6.45, 7) is 1.63. The number of cyclic esters (lactones) is 1. The molecule has 1 fully saturated rings. The van der Waals surface area contributed by atoms with Crippen LogP contribution in [0.5, 0.6) is 0 Å². The molecule has 0 unspecified atom stereocenters. The van der Waals surface area contributed by atoms with Gasteiger partial charge in [0, 0.05) is 13.5 Å². The largest absolute Gasteiger partial charge is 0.458 e. The Bertz CT molecular complexity index is 263. The van der Waals surface area contributed by atoms with Crippen LogP contribution in [0, 0.1) is 11.8 Å². The van der Waals surface area contributed by atoms with Crippen LogP contribution in [0.2, 0.25) is 0 Å². The fraction of sp³-hybridized carbons (Fsp3) is 0.700. The predicted octanol–water partition coefficient (Wildman–Crippen LogP) is 0.0912. The van der Waals surface area contributed by atoms with Gasteiger partial charge >= 0.3 is 5.97 Å². The van der Waals surface area contributed by atoms with Crippen molar-refractivity contribution in [1.29, 1.82) is 0 Å². The van der Waals surface area contributed by atoms with Crippen LogP contribution in [0.1, 0.15) is 19.8 Å². The summed E-state index contributed by atoms with van der Waals surface area (Å²) in [6.07, 6.45) is -0.901. The molecule has 0 spiro atoms. The van der Waals surface area contributed by atoms with E-state index in [0.717, 1.165) is 0 Å². The van der Waals surface area contributed by atoms with E-state index >= 15 is 0 Å². The maximum atomic E-state index is 11.1. The SMILES string of the molecule is CC#C[C@@H](O)[C@H]1C[C@@H](OC)CC(=O)O1. The molecule has 1 aliphatic heterocycles. The lowest BCUT2D eigenvalue weighted by molar-refractivity contribution is -0.167. The summed E-state index contributed by atoms with van der Waals surface area (Å²) in [5.74, 6) is 4.79. The first-order chi connectivity index (χ1) is 6.67. The molecule has 0 aromatic carbocycles. The Morgan fingerprint density at radius 2 is 2.43 bits per heavy atom. The number of methoxy groups -OCH3 is 1. The minimum Gasteiger partial charge on any atom is -0.458 e. The zero-order valence-electron chi connectivity index (χ0n) is 8.32. The number of ether oxygens (including phenoxy) is 2. The Labute approximate surface area is 83.2 Å². The minimum atomic E-state index is -0.915. The lowest BCUT2D eigenvalue weighted by Crippen LogP contribution is -2.40. The van der Waals surface area contributed by atoms with Crippen LogP contribution in [0.25, 0.3) is 0 Å². The van der Waals surface area contributed by atoms with Crippen molar-refractivity contribution in [2.75, 3.05) is 7.11 Å². The fourth-order valence-electron chi connectivity index (χ4n) is 1.41. The molecule has 1 aliphatic rings. The first-order valence-corrected chi connectivity index (χ1v) is 4.50. The molecule has 0 amide bonds. The first kappa shape index (κ1) is 11.0. The molecular formula is C10H14O4. The third kappa shape index (κ3) is 2.72. The summed E-state index contributed by atoms with van der Waals surface area (Å²) in [7, 11) is 1.54. The Hall–Kier alpha value is -1.05. The van der Waals surface area contributed by atoms with Gasteiger partial charge in [-0.2, -0.15) is 0 Å². The van der Waals surface area contributed by atoms with Crippen LogP contribution in [0.3, 0.4) is 0 Å². The van der Waals surface area contributed by atoms with Crippen molar-refractivity contribution in [1.82, 2.24) is 0 Å². The van der Waals surface area contributed by atoms with Crippen molar-refractivity contribution in [3.05, 3.63) is 0 Å². The molecule has 1 rings (SSSR count). The molecule has 0 saturated carbocycles. The standard InChI is InChI=1S/C10H14O4/c1-3-4-8(11)9-5-7(13-2)6-10(12)14-9/h7-9,11H,5-6H2,1-2H3/t7-,8-,9-/m1/s1. The number of aliphatic hydroxyl groups excluding tert-OH is 1. The monoisotopic (exact) mass is 198 g/mol. The van der Waals surface area contributed by atoms with Gasteiger partial charge < -0.3 is 14.6 Å². The average molecular weight is 198 g/mol. The van der Waals surface area contributed by atoms with Crippen LogP contribution in [-0.4, -0.2) is 36.5 Å². The zero-order chi connectivity index (χ0) is 10.6. The second-order valence-corrected chi connectivity index (χ2v) is 3.17. The molecule has 0 aromatic rings. The summed E-state index contributed by atoms with van der Waals surface area (Å²) >= 11 is 0. The number of esters is 1. The van der Waals surface area contributed by atoms with E-state index in [9.17, 15) is 9.90 Å². The second-order valence-electron chi connectivity index (χ2n) is 3.17. The van der Waals surface area contributed by atoms with Gasteiger partial charge in [-0.15, -0.1) is 5.92 Å². The lowest BCUT2D eigenvalue weighted by Gasteiger charge is -2.29. The molecule has 14 heavy (non-hydrogen) atoms. The summed E-state index contributed by atoms with van der Waals surface area (Å²) in [5.41, 5.74) is 0. The van der Waals surface area contributed by atoms with Crippen LogP contribution in [0.15, 0.2) is 0 Å². The van der Waals surface area contributed by atoms with E-state index in [1.165, 1.54) is 7.11 Å². The van der Waals surface area contributed by atoms with Gasteiger partial charge in [0.25, 0.3) is 0 Å². The molecule has 4 nitrogen and oxygen atoms in total. The molecule has 0 aromatic heterocycles. The van der Waals surface area contributed by atoms with E-state index in [1.54, 1.807) is 6.92 Å². The van der Waals surface area contributed by atoms with E-state index in [4.69, 9.17) is 9.47 Å². The first-order valence-electron chi connectivity index (χ1n) is 4.50. The molecule has 78 valence electrons. The topological polar surface area (TPSA) is 55.8 Å². The normalized spacial score (nSPS) is 28.6. The number of hydrogen-bond acceptors (Lipinski definition) is 4. The molecule has 4 heteroatoms. The molecule has 0 aliphatic carbocycles. The maximum Gasteiger partial charge on any atom is 0.308 e. The van der Waals surface area contributed by atoms with Crippen molar-refractivity contribution < 1.29 is 19.4 Å². The smallest absolute Gasteiger partial charge is 0.308 e.